The quantitative estimate of drug-likeness (QED) is 0.761. The summed E-state index contributed by atoms with van der Waals surface area (Å²) in [6, 6.07) is 8.74. The van der Waals surface area contributed by atoms with Gasteiger partial charge in [-0.15, -0.1) is 6.42 Å². The lowest BCUT2D eigenvalue weighted by Crippen LogP contribution is -2.34. The third-order valence-electron chi connectivity index (χ3n) is 2.97. The van der Waals surface area contributed by atoms with Crippen LogP contribution in [-0.2, 0) is 6.54 Å². The highest BCUT2D eigenvalue weighted by molar-refractivity contribution is 5.33. The van der Waals surface area contributed by atoms with E-state index >= 15 is 0 Å². The van der Waals surface area contributed by atoms with E-state index in [2.05, 4.69) is 17.3 Å². The van der Waals surface area contributed by atoms with Gasteiger partial charge in [0.25, 0.3) is 0 Å². The molecule has 1 N–H and O–H groups in total. The molecule has 84 valence electrons. The Morgan fingerprint density at radius 3 is 2.88 bits per heavy atom. The summed E-state index contributed by atoms with van der Waals surface area (Å²) in [5, 5.41) is 3.52. The van der Waals surface area contributed by atoms with E-state index in [1.165, 1.54) is 24.8 Å². The largest absolute Gasteiger partial charge is 0.481 e. The summed E-state index contributed by atoms with van der Waals surface area (Å²) in [6.45, 7) is 1.20. The maximum Gasteiger partial charge on any atom is 0.148 e. The fourth-order valence-electron chi connectivity index (χ4n) is 1.78. The zero-order valence-corrected chi connectivity index (χ0v) is 9.41. The van der Waals surface area contributed by atoms with Crippen LogP contribution in [0.2, 0.25) is 0 Å². The molecule has 0 aromatic heterocycles. The third-order valence-corrected chi connectivity index (χ3v) is 2.97. The molecule has 1 aromatic rings. The van der Waals surface area contributed by atoms with Crippen LogP contribution in [0.15, 0.2) is 24.3 Å². The topological polar surface area (TPSA) is 21.3 Å². The van der Waals surface area contributed by atoms with Gasteiger partial charge >= 0.3 is 0 Å². The smallest absolute Gasteiger partial charge is 0.148 e. The molecular formula is C14H17NO. The van der Waals surface area contributed by atoms with Crippen LogP contribution in [0, 0.1) is 12.3 Å². The molecule has 0 unspecified atom stereocenters. The number of benzene rings is 1. The fourth-order valence-corrected chi connectivity index (χ4v) is 1.78. The van der Waals surface area contributed by atoms with E-state index in [-0.39, 0.29) is 0 Å². The van der Waals surface area contributed by atoms with Crippen LogP contribution in [0.4, 0.5) is 0 Å². The first-order chi connectivity index (χ1) is 7.90. The molecule has 1 aliphatic carbocycles. The number of hydrogen-bond acceptors (Lipinski definition) is 2. The Labute approximate surface area is 97.0 Å². The van der Waals surface area contributed by atoms with Gasteiger partial charge in [-0.2, -0.15) is 0 Å². The predicted octanol–water partition coefficient (Wildman–Crippen LogP) is 2.34. The Hall–Kier alpha value is -1.46. The van der Waals surface area contributed by atoms with Crippen molar-refractivity contribution in [3.05, 3.63) is 29.8 Å². The summed E-state index contributed by atoms with van der Waals surface area (Å²) >= 11 is 0. The average Bonchev–Trinajstić information content (AvgIpc) is 2.26. The number of ether oxygens (including phenoxy) is 1. The maximum atomic E-state index is 5.49. The Kier molecular flexibility index (Phi) is 3.85. The number of terminal acetylenes is 1. The molecule has 1 aliphatic rings. The fraction of sp³-hybridized carbons (Fsp3) is 0.429. The third kappa shape index (κ3) is 2.77. The van der Waals surface area contributed by atoms with Gasteiger partial charge in [0.15, 0.2) is 0 Å². The van der Waals surface area contributed by atoms with Gasteiger partial charge < -0.3 is 10.1 Å². The summed E-state index contributed by atoms with van der Waals surface area (Å²) in [4.78, 5) is 0. The van der Waals surface area contributed by atoms with Gasteiger partial charge in [-0.25, -0.2) is 0 Å². The van der Waals surface area contributed by atoms with Crippen LogP contribution in [0.1, 0.15) is 24.8 Å². The molecule has 2 heteroatoms. The lowest BCUT2D eigenvalue weighted by Gasteiger charge is -2.26. The van der Waals surface area contributed by atoms with Gasteiger partial charge in [0.05, 0.1) is 0 Å². The first kappa shape index (κ1) is 11.0. The summed E-state index contributed by atoms with van der Waals surface area (Å²) < 4.78 is 5.49. The Bertz CT molecular complexity index is 377. The first-order valence-electron chi connectivity index (χ1n) is 5.77. The van der Waals surface area contributed by atoms with Crippen LogP contribution >= 0.6 is 0 Å². The minimum Gasteiger partial charge on any atom is -0.481 e. The van der Waals surface area contributed by atoms with Gasteiger partial charge in [0.1, 0.15) is 12.4 Å². The second kappa shape index (κ2) is 5.58. The van der Waals surface area contributed by atoms with Crippen molar-refractivity contribution >= 4 is 0 Å². The van der Waals surface area contributed by atoms with Crippen molar-refractivity contribution in [2.75, 3.05) is 6.61 Å². The average molecular weight is 215 g/mol. The van der Waals surface area contributed by atoms with Crippen molar-refractivity contribution in [3.8, 4) is 18.1 Å². The van der Waals surface area contributed by atoms with E-state index in [1.807, 2.05) is 18.2 Å². The molecule has 0 bridgehead atoms. The maximum absolute atomic E-state index is 5.49. The molecule has 1 aromatic carbocycles. The standard InChI is InChI=1S/C14H17NO/c1-2-10-16-14-9-4-3-6-12(14)11-15-13-7-5-8-13/h1,3-4,6,9,13,15H,5,7-8,10-11H2. The summed E-state index contributed by atoms with van der Waals surface area (Å²) in [6.07, 6.45) is 9.14. The highest BCUT2D eigenvalue weighted by atomic mass is 16.5. The van der Waals surface area contributed by atoms with Gasteiger partial charge in [0.2, 0.25) is 0 Å². The van der Waals surface area contributed by atoms with Gasteiger partial charge in [-0.3, -0.25) is 0 Å². The summed E-state index contributed by atoms with van der Waals surface area (Å²) in [5.74, 6) is 3.38. The van der Waals surface area contributed by atoms with E-state index in [9.17, 15) is 0 Å². The second-order valence-electron chi connectivity index (χ2n) is 4.11. The summed E-state index contributed by atoms with van der Waals surface area (Å²) in [7, 11) is 0. The predicted molar refractivity (Wildman–Crippen MR) is 65.2 cm³/mol. The van der Waals surface area contributed by atoms with Crippen LogP contribution in [0.3, 0.4) is 0 Å². The molecule has 0 aliphatic heterocycles. The minimum atomic E-state index is 0.334. The molecule has 2 nitrogen and oxygen atoms in total. The van der Waals surface area contributed by atoms with Crippen molar-refractivity contribution in [3.63, 3.8) is 0 Å². The van der Waals surface area contributed by atoms with Crippen LogP contribution in [0.25, 0.3) is 0 Å². The van der Waals surface area contributed by atoms with Crippen LogP contribution < -0.4 is 10.1 Å². The summed E-state index contributed by atoms with van der Waals surface area (Å²) in [5.41, 5.74) is 1.18. The van der Waals surface area contributed by atoms with E-state index in [0.29, 0.717) is 12.6 Å². The molecule has 0 radical (unpaired) electrons. The molecule has 1 fully saturated rings. The Balaban J connectivity index is 1.92. The van der Waals surface area contributed by atoms with Crippen molar-refractivity contribution in [2.24, 2.45) is 0 Å². The van der Waals surface area contributed by atoms with Crippen molar-refractivity contribution in [2.45, 2.75) is 31.8 Å². The molecule has 0 spiro atoms. The van der Waals surface area contributed by atoms with Crippen LogP contribution in [0.5, 0.6) is 5.75 Å². The van der Waals surface area contributed by atoms with Crippen molar-refractivity contribution in [1.82, 2.24) is 5.32 Å². The van der Waals surface area contributed by atoms with Crippen molar-refractivity contribution < 1.29 is 4.74 Å². The molecule has 0 heterocycles. The second-order valence-corrected chi connectivity index (χ2v) is 4.11. The molecule has 0 saturated heterocycles. The van der Waals surface area contributed by atoms with Gasteiger partial charge in [0, 0.05) is 18.2 Å². The molecular weight excluding hydrogens is 198 g/mol. The molecule has 0 atom stereocenters. The molecule has 1 saturated carbocycles. The Morgan fingerprint density at radius 1 is 1.38 bits per heavy atom. The van der Waals surface area contributed by atoms with Gasteiger partial charge in [-0.1, -0.05) is 30.5 Å². The zero-order chi connectivity index (χ0) is 11.2. The lowest BCUT2D eigenvalue weighted by atomic mass is 9.93. The van der Waals surface area contributed by atoms with E-state index in [1.54, 1.807) is 0 Å². The van der Waals surface area contributed by atoms with Crippen LogP contribution in [-0.4, -0.2) is 12.6 Å². The lowest BCUT2D eigenvalue weighted by molar-refractivity contribution is 0.330. The highest BCUT2D eigenvalue weighted by Crippen LogP contribution is 2.21. The number of para-hydroxylation sites is 1. The number of hydrogen-bond donors (Lipinski definition) is 1. The van der Waals surface area contributed by atoms with E-state index in [4.69, 9.17) is 11.2 Å². The molecule has 2 rings (SSSR count). The van der Waals surface area contributed by atoms with E-state index < -0.39 is 0 Å². The minimum absolute atomic E-state index is 0.334. The zero-order valence-electron chi connectivity index (χ0n) is 9.41. The number of nitrogens with one attached hydrogen (secondary N) is 1. The SMILES string of the molecule is C#CCOc1ccccc1CNC1CCC1. The monoisotopic (exact) mass is 215 g/mol. The van der Waals surface area contributed by atoms with E-state index in [0.717, 1.165) is 12.3 Å². The first-order valence-corrected chi connectivity index (χ1v) is 5.77. The Morgan fingerprint density at radius 2 is 2.19 bits per heavy atom. The molecule has 16 heavy (non-hydrogen) atoms. The van der Waals surface area contributed by atoms with Crippen molar-refractivity contribution in [1.29, 1.82) is 0 Å². The molecule has 0 amide bonds. The normalized spacial score (nSPS) is 15.2. The number of rotatable bonds is 5. The highest BCUT2D eigenvalue weighted by Gasteiger charge is 2.16. The van der Waals surface area contributed by atoms with Gasteiger partial charge in [-0.05, 0) is 18.9 Å².